The molecule has 1 saturated heterocycles. The molecule has 0 aromatic rings. The Morgan fingerprint density at radius 1 is 0.808 bits per heavy atom. The van der Waals surface area contributed by atoms with Gasteiger partial charge in [-0.25, -0.2) is 0 Å². The average molecular weight is 366 g/mol. The third-order valence-corrected chi connectivity index (χ3v) is 5.07. The fraction of sp³-hybridized carbons (Fsp3) is 0.826. The van der Waals surface area contributed by atoms with E-state index in [0.29, 0.717) is 12.2 Å². The zero-order valence-corrected chi connectivity index (χ0v) is 17.3. The number of ether oxygens (including phenoxy) is 2. The highest BCUT2D eigenvalue weighted by molar-refractivity contribution is 4.90. The highest BCUT2D eigenvalue weighted by Gasteiger charge is 2.39. The van der Waals surface area contributed by atoms with Crippen LogP contribution in [0.4, 0.5) is 0 Å². The van der Waals surface area contributed by atoms with Crippen LogP contribution in [-0.2, 0) is 9.47 Å². The number of epoxide rings is 1. The Balaban J connectivity index is 1.81. The van der Waals surface area contributed by atoms with Crippen molar-refractivity contribution in [3.63, 3.8) is 0 Å². The van der Waals surface area contributed by atoms with Gasteiger partial charge in [-0.05, 0) is 6.42 Å². The predicted octanol–water partition coefficient (Wildman–Crippen LogP) is 5.76. The van der Waals surface area contributed by atoms with Crippen LogP contribution in [0.5, 0.6) is 0 Å². The van der Waals surface area contributed by atoms with Crippen LogP contribution in [0.2, 0.25) is 0 Å². The molecule has 0 radical (unpaired) electrons. The van der Waals surface area contributed by atoms with E-state index in [2.05, 4.69) is 25.0 Å². The van der Waals surface area contributed by atoms with Gasteiger partial charge in [-0.3, -0.25) is 4.90 Å². The molecule has 1 fully saturated rings. The first-order chi connectivity index (χ1) is 12.8. The van der Waals surface area contributed by atoms with Gasteiger partial charge in [0.2, 0.25) is 0 Å². The van der Waals surface area contributed by atoms with E-state index in [1.807, 2.05) is 12.2 Å². The van der Waals surface area contributed by atoms with E-state index < -0.39 is 0 Å². The van der Waals surface area contributed by atoms with E-state index in [1.165, 1.54) is 70.6 Å². The van der Waals surface area contributed by atoms with Gasteiger partial charge in [-0.1, -0.05) is 83.3 Å². The van der Waals surface area contributed by atoms with Crippen LogP contribution in [0.3, 0.4) is 0 Å². The van der Waals surface area contributed by atoms with E-state index in [4.69, 9.17) is 9.47 Å². The zero-order chi connectivity index (χ0) is 18.9. The van der Waals surface area contributed by atoms with Crippen molar-refractivity contribution in [3.05, 3.63) is 25.3 Å². The lowest BCUT2D eigenvalue weighted by Gasteiger charge is -2.16. The smallest absolute Gasteiger partial charge is 0.109 e. The minimum atomic E-state index is 0.292. The fourth-order valence-corrected chi connectivity index (χ4v) is 3.40. The van der Waals surface area contributed by atoms with Crippen molar-refractivity contribution in [2.24, 2.45) is 0 Å². The molecule has 0 spiro atoms. The maximum atomic E-state index is 5.79. The molecule has 2 atom stereocenters. The fourth-order valence-electron chi connectivity index (χ4n) is 3.40. The maximum absolute atomic E-state index is 5.79. The van der Waals surface area contributed by atoms with Crippen LogP contribution in [0.25, 0.3) is 0 Å². The molecule has 26 heavy (non-hydrogen) atoms. The minimum absolute atomic E-state index is 0.292. The van der Waals surface area contributed by atoms with E-state index in [1.54, 1.807) is 0 Å². The largest absolute Gasteiger partial charge is 0.379 e. The highest BCUT2D eigenvalue weighted by Crippen LogP contribution is 2.23. The molecule has 0 N–H and O–H groups in total. The number of hydrogen-bond acceptors (Lipinski definition) is 3. The molecule has 1 heterocycles. The molecule has 1 aliphatic rings. The molecule has 0 aromatic heterocycles. The summed E-state index contributed by atoms with van der Waals surface area (Å²) < 4.78 is 11.5. The molecule has 3 nitrogen and oxygen atoms in total. The Kier molecular flexibility index (Phi) is 14.9. The molecule has 0 bridgehead atoms. The van der Waals surface area contributed by atoms with Crippen LogP contribution >= 0.6 is 0 Å². The van der Waals surface area contributed by atoms with E-state index in [0.717, 1.165) is 32.8 Å². The third kappa shape index (κ3) is 12.7. The summed E-state index contributed by atoms with van der Waals surface area (Å²) in [6.45, 7) is 14.2. The first-order valence-corrected chi connectivity index (χ1v) is 11.0. The summed E-state index contributed by atoms with van der Waals surface area (Å²) in [6, 6.07) is 0. The van der Waals surface area contributed by atoms with E-state index in [9.17, 15) is 0 Å². The quantitative estimate of drug-likeness (QED) is 0.156. The molecule has 1 rings (SSSR count). The second-order valence-corrected chi connectivity index (χ2v) is 7.62. The van der Waals surface area contributed by atoms with Gasteiger partial charge in [0.05, 0.1) is 12.7 Å². The van der Waals surface area contributed by atoms with Crippen LogP contribution in [0, 0.1) is 0 Å². The lowest BCUT2D eigenvalue weighted by Crippen LogP contribution is -2.29. The molecule has 0 aromatic carbocycles. The first kappa shape index (κ1) is 23.4. The van der Waals surface area contributed by atoms with Gasteiger partial charge in [-0.2, -0.15) is 0 Å². The van der Waals surface area contributed by atoms with Crippen molar-refractivity contribution in [2.45, 2.75) is 89.8 Å². The average Bonchev–Trinajstić information content (AvgIpc) is 3.37. The van der Waals surface area contributed by atoms with Crippen molar-refractivity contribution in [1.82, 2.24) is 4.90 Å². The second kappa shape index (κ2) is 16.5. The Bertz CT molecular complexity index is 335. The van der Waals surface area contributed by atoms with Crippen molar-refractivity contribution in [1.29, 1.82) is 0 Å². The molecule has 0 saturated carbocycles. The molecule has 0 amide bonds. The maximum Gasteiger partial charge on any atom is 0.109 e. The van der Waals surface area contributed by atoms with Gasteiger partial charge >= 0.3 is 0 Å². The summed E-state index contributed by atoms with van der Waals surface area (Å²) in [6.07, 6.45) is 19.6. The van der Waals surface area contributed by atoms with Crippen LogP contribution in [-0.4, -0.2) is 50.0 Å². The van der Waals surface area contributed by atoms with Gasteiger partial charge < -0.3 is 9.47 Å². The second-order valence-electron chi connectivity index (χ2n) is 7.62. The predicted molar refractivity (Wildman–Crippen MR) is 113 cm³/mol. The van der Waals surface area contributed by atoms with Crippen LogP contribution in [0.15, 0.2) is 25.3 Å². The van der Waals surface area contributed by atoms with Crippen LogP contribution in [0.1, 0.15) is 77.6 Å². The lowest BCUT2D eigenvalue weighted by atomic mass is 10.1. The lowest BCUT2D eigenvalue weighted by molar-refractivity contribution is 0.113. The first-order valence-electron chi connectivity index (χ1n) is 11.0. The summed E-state index contributed by atoms with van der Waals surface area (Å²) in [7, 11) is 0. The number of hydrogen-bond donors (Lipinski definition) is 0. The highest BCUT2D eigenvalue weighted by atomic mass is 16.6. The summed E-state index contributed by atoms with van der Waals surface area (Å²) in [4.78, 5) is 2.30. The molecule has 0 unspecified atom stereocenters. The van der Waals surface area contributed by atoms with Gasteiger partial charge in [-0.15, -0.1) is 13.2 Å². The van der Waals surface area contributed by atoms with Crippen molar-refractivity contribution < 1.29 is 9.47 Å². The topological polar surface area (TPSA) is 25.0 Å². The van der Waals surface area contributed by atoms with Crippen LogP contribution < -0.4 is 0 Å². The number of unbranched alkanes of at least 4 members (excludes halogenated alkanes) is 10. The standard InChI is InChI=1S/C23H43NO2/c1-4-7-8-9-10-11-12-13-14-15-16-19-25-21-23-22(26-23)20-24(17-5-2)18-6-3/h5-6,22-23H,2-4,7-21H2,1H3/t22-,23+/m0/s1. The van der Waals surface area contributed by atoms with Gasteiger partial charge in [0, 0.05) is 26.2 Å². The Hall–Kier alpha value is -0.640. The van der Waals surface area contributed by atoms with Gasteiger partial charge in [0.1, 0.15) is 6.10 Å². The summed E-state index contributed by atoms with van der Waals surface area (Å²) in [5, 5.41) is 0. The summed E-state index contributed by atoms with van der Waals surface area (Å²) in [5.41, 5.74) is 0. The monoisotopic (exact) mass is 365 g/mol. The number of nitrogens with zero attached hydrogens (tertiary/aromatic N) is 1. The molecule has 1 aliphatic heterocycles. The van der Waals surface area contributed by atoms with E-state index >= 15 is 0 Å². The number of rotatable bonds is 20. The zero-order valence-electron chi connectivity index (χ0n) is 17.3. The Morgan fingerprint density at radius 2 is 1.35 bits per heavy atom. The Labute approximate surface area is 162 Å². The molecule has 152 valence electrons. The molecular weight excluding hydrogens is 322 g/mol. The molecule has 3 heteroatoms. The Morgan fingerprint density at radius 3 is 1.88 bits per heavy atom. The van der Waals surface area contributed by atoms with Crippen molar-refractivity contribution in [3.8, 4) is 0 Å². The SMILES string of the molecule is C=CCN(CC=C)C[C@@H]1O[C@@H]1COCCCCCCCCCCCCC. The van der Waals surface area contributed by atoms with Gasteiger partial charge in [0.15, 0.2) is 0 Å². The van der Waals surface area contributed by atoms with Gasteiger partial charge in [0.25, 0.3) is 0 Å². The molecule has 0 aliphatic carbocycles. The van der Waals surface area contributed by atoms with E-state index in [-0.39, 0.29) is 0 Å². The third-order valence-electron chi connectivity index (χ3n) is 5.07. The summed E-state index contributed by atoms with van der Waals surface area (Å²) >= 11 is 0. The van der Waals surface area contributed by atoms with Crippen molar-refractivity contribution in [2.75, 3.05) is 32.8 Å². The van der Waals surface area contributed by atoms with Crippen molar-refractivity contribution >= 4 is 0 Å². The normalized spacial score (nSPS) is 19.0. The summed E-state index contributed by atoms with van der Waals surface area (Å²) in [5.74, 6) is 0. The molecular formula is C23H43NO2. The minimum Gasteiger partial charge on any atom is -0.379 e.